The number of nitrogens with zero attached hydrogens (tertiary/aromatic N) is 1. The van der Waals surface area contributed by atoms with Crippen molar-refractivity contribution in [1.82, 2.24) is 0 Å². The maximum atomic E-state index is 8.87. The van der Waals surface area contributed by atoms with E-state index in [2.05, 4.69) is 11.0 Å². The van der Waals surface area contributed by atoms with Crippen molar-refractivity contribution in [2.45, 2.75) is 25.7 Å². The van der Waals surface area contributed by atoms with E-state index < -0.39 is 0 Å². The van der Waals surface area contributed by atoms with Gasteiger partial charge in [-0.05, 0) is 43.7 Å². The normalized spacial score (nSPS) is 16.6. The van der Waals surface area contributed by atoms with Gasteiger partial charge in [-0.1, -0.05) is 0 Å². The summed E-state index contributed by atoms with van der Waals surface area (Å²) in [5, 5.41) is 8.87. The molecule has 2 rings (SSSR count). The molecule has 0 bridgehead atoms. The van der Waals surface area contributed by atoms with Crippen LogP contribution in [0.25, 0.3) is 0 Å². The van der Waals surface area contributed by atoms with Crippen molar-refractivity contribution in [3.8, 4) is 5.75 Å². The lowest BCUT2D eigenvalue weighted by Crippen LogP contribution is -2.33. The molecule has 4 heteroatoms. The smallest absolute Gasteiger partial charge is 0.143 e. The SMILES string of the molecule is COc1cc(N2CCC(CCCO)CC2)ccc1N. The monoisotopic (exact) mass is 264 g/mol. The molecule has 0 radical (unpaired) electrons. The lowest BCUT2D eigenvalue weighted by molar-refractivity contribution is 0.261. The van der Waals surface area contributed by atoms with Gasteiger partial charge in [-0.15, -0.1) is 0 Å². The predicted octanol–water partition coefficient (Wildman–Crippen LogP) is 2.27. The Morgan fingerprint density at radius 3 is 2.74 bits per heavy atom. The molecule has 19 heavy (non-hydrogen) atoms. The van der Waals surface area contributed by atoms with Crippen LogP contribution in [0.1, 0.15) is 25.7 Å². The molecule has 0 unspecified atom stereocenters. The number of aliphatic hydroxyl groups is 1. The average molecular weight is 264 g/mol. The summed E-state index contributed by atoms with van der Waals surface area (Å²) in [6.07, 6.45) is 4.48. The highest BCUT2D eigenvalue weighted by Crippen LogP contribution is 2.31. The van der Waals surface area contributed by atoms with Crippen molar-refractivity contribution in [1.29, 1.82) is 0 Å². The van der Waals surface area contributed by atoms with Gasteiger partial charge in [0.1, 0.15) is 5.75 Å². The standard InChI is InChI=1S/C15H24N2O2/c1-19-15-11-13(4-5-14(15)16)17-8-6-12(7-9-17)3-2-10-18/h4-5,11-12,18H,2-3,6-10,16H2,1H3. The third-order valence-electron chi connectivity index (χ3n) is 3.97. The van der Waals surface area contributed by atoms with E-state index in [1.807, 2.05) is 12.1 Å². The van der Waals surface area contributed by atoms with Crippen molar-refractivity contribution in [2.75, 3.05) is 37.4 Å². The fourth-order valence-electron chi connectivity index (χ4n) is 2.76. The minimum absolute atomic E-state index is 0.315. The molecule has 1 aliphatic heterocycles. The average Bonchev–Trinajstić information content (AvgIpc) is 2.46. The van der Waals surface area contributed by atoms with E-state index in [9.17, 15) is 0 Å². The molecule has 0 amide bonds. The molecule has 0 aromatic heterocycles. The second-order valence-electron chi connectivity index (χ2n) is 5.22. The van der Waals surface area contributed by atoms with Crippen LogP contribution in [0.4, 0.5) is 11.4 Å². The van der Waals surface area contributed by atoms with E-state index >= 15 is 0 Å². The van der Waals surface area contributed by atoms with Crippen LogP contribution in [0.15, 0.2) is 18.2 Å². The van der Waals surface area contributed by atoms with Gasteiger partial charge in [0, 0.05) is 31.5 Å². The van der Waals surface area contributed by atoms with Crippen LogP contribution in [0, 0.1) is 5.92 Å². The summed E-state index contributed by atoms with van der Waals surface area (Å²) in [7, 11) is 1.65. The van der Waals surface area contributed by atoms with Gasteiger partial charge in [0.05, 0.1) is 12.8 Å². The molecule has 3 N–H and O–H groups in total. The summed E-state index contributed by atoms with van der Waals surface area (Å²) in [6, 6.07) is 5.99. The summed E-state index contributed by atoms with van der Waals surface area (Å²) >= 11 is 0. The van der Waals surface area contributed by atoms with Gasteiger partial charge in [-0.2, -0.15) is 0 Å². The summed E-state index contributed by atoms with van der Waals surface area (Å²) in [5.41, 5.74) is 7.71. The highest BCUT2D eigenvalue weighted by molar-refractivity contribution is 5.62. The van der Waals surface area contributed by atoms with E-state index in [0.29, 0.717) is 12.3 Å². The van der Waals surface area contributed by atoms with Gasteiger partial charge in [0.25, 0.3) is 0 Å². The Bertz CT molecular complexity index is 401. The van der Waals surface area contributed by atoms with Crippen molar-refractivity contribution >= 4 is 11.4 Å². The zero-order valence-electron chi connectivity index (χ0n) is 11.6. The minimum Gasteiger partial charge on any atom is -0.495 e. The summed E-state index contributed by atoms with van der Waals surface area (Å²) in [4.78, 5) is 2.39. The number of benzene rings is 1. The van der Waals surface area contributed by atoms with E-state index in [0.717, 1.165) is 37.6 Å². The van der Waals surface area contributed by atoms with Crippen LogP contribution in [-0.2, 0) is 0 Å². The first-order chi connectivity index (χ1) is 9.24. The van der Waals surface area contributed by atoms with E-state index in [4.69, 9.17) is 15.6 Å². The largest absolute Gasteiger partial charge is 0.495 e. The highest BCUT2D eigenvalue weighted by Gasteiger charge is 2.19. The lowest BCUT2D eigenvalue weighted by Gasteiger charge is -2.33. The zero-order chi connectivity index (χ0) is 13.7. The molecule has 106 valence electrons. The molecule has 1 saturated heterocycles. The van der Waals surface area contributed by atoms with Crippen LogP contribution in [-0.4, -0.2) is 31.9 Å². The van der Waals surface area contributed by atoms with Gasteiger partial charge in [-0.3, -0.25) is 0 Å². The van der Waals surface area contributed by atoms with Crippen LogP contribution in [0.2, 0.25) is 0 Å². The molecule has 4 nitrogen and oxygen atoms in total. The third-order valence-corrected chi connectivity index (χ3v) is 3.97. The number of piperidine rings is 1. The second-order valence-corrected chi connectivity index (χ2v) is 5.22. The number of hydrogen-bond donors (Lipinski definition) is 2. The molecule has 0 spiro atoms. The Hall–Kier alpha value is -1.42. The van der Waals surface area contributed by atoms with E-state index in [1.165, 1.54) is 18.5 Å². The topological polar surface area (TPSA) is 58.7 Å². The quantitative estimate of drug-likeness (QED) is 0.801. The third kappa shape index (κ3) is 3.53. The van der Waals surface area contributed by atoms with Crippen LogP contribution < -0.4 is 15.4 Å². The predicted molar refractivity (Wildman–Crippen MR) is 78.7 cm³/mol. The van der Waals surface area contributed by atoms with Gasteiger partial charge >= 0.3 is 0 Å². The number of nitrogens with two attached hydrogens (primary N) is 1. The van der Waals surface area contributed by atoms with Gasteiger partial charge in [0.15, 0.2) is 0 Å². The maximum Gasteiger partial charge on any atom is 0.143 e. The number of anilines is 2. The molecule has 0 atom stereocenters. The first kappa shape index (κ1) is 14.0. The van der Waals surface area contributed by atoms with E-state index in [-0.39, 0.29) is 0 Å². The van der Waals surface area contributed by atoms with Crippen molar-refractivity contribution in [2.24, 2.45) is 5.92 Å². The fraction of sp³-hybridized carbons (Fsp3) is 0.600. The fourth-order valence-corrected chi connectivity index (χ4v) is 2.76. The van der Waals surface area contributed by atoms with Crippen LogP contribution in [0.5, 0.6) is 5.75 Å². The summed E-state index contributed by atoms with van der Waals surface area (Å²) < 4.78 is 5.27. The molecule has 0 saturated carbocycles. The Morgan fingerprint density at radius 2 is 2.11 bits per heavy atom. The first-order valence-corrected chi connectivity index (χ1v) is 7.04. The number of hydrogen-bond acceptors (Lipinski definition) is 4. The number of nitrogen functional groups attached to an aromatic ring is 1. The molecule has 0 aliphatic carbocycles. The van der Waals surface area contributed by atoms with Crippen LogP contribution >= 0.6 is 0 Å². The Morgan fingerprint density at radius 1 is 1.37 bits per heavy atom. The number of ether oxygens (including phenoxy) is 1. The van der Waals surface area contributed by atoms with Crippen molar-refractivity contribution < 1.29 is 9.84 Å². The van der Waals surface area contributed by atoms with Gasteiger partial charge in [0.2, 0.25) is 0 Å². The molecule has 1 aromatic rings. The number of aliphatic hydroxyl groups excluding tert-OH is 1. The lowest BCUT2D eigenvalue weighted by atomic mass is 9.92. The van der Waals surface area contributed by atoms with Gasteiger partial charge < -0.3 is 20.5 Å². The first-order valence-electron chi connectivity index (χ1n) is 7.04. The maximum absolute atomic E-state index is 8.87. The van der Waals surface area contributed by atoms with Gasteiger partial charge in [-0.25, -0.2) is 0 Å². The molecule has 1 heterocycles. The van der Waals surface area contributed by atoms with Crippen LogP contribution in [0.3, 0.4) is 0 Å². The zero-order valence-corrected chi connectivity index (χ0v) is 11.6. The molecular formula is C15H24N2O2. The van der Waals surface area contributed by atoms with Crippen molar-refractivity contribution in [3.63, 3.8) is 0 Å². The molecule has 1 fully saturated rings. The summed E-state index contributed by atoms with van der Waals surface area (Å²) in [5.74, 6) is 1.51. The summed E-state index contributed by atoms with van der Waals surface area (Å²) in [6.45, 7) is 2.46. The molecular weight excluding hydrogens is 240 g/mol. The number of rotatable bonds is 5. The van der Waals surface area contributed by atoms with E-state index in [1.54, 1.807) is 7.11 Å². The Kier molecular flexibility index (Phi) is 4.91. The highest BCUT2D eigenvalue weighted by atomic mass is 16.5. The second kappa shape index (κ2) is 6.66. The number of methoxy groups -OCH3 is 1. The molecule has 1 aliphatic rings. The Labute approximate surface area is 115 Å². The Balaban J connectivity index is 1.94. The minimum atomic E-state index is 0.315. The van der Waals surface area contributed by atoms with Crippen molar-refractivity contribution in [3.05, 3.63) is 18.2 Å². The molecule has 1 aromatic carbocycles.